The zero-order valence-corrected chi connectivity index (χ0v) is 45.1. The zero-order valence-electron chi connectivity index (χ0n) is 41.8. The fourth-order valence-electron chi connectivity index (χ4n) is 9.13. The number of rotatable bonds is 17. The molecular formula is C50H64Cl2F12N4O2P2. The molecular weight excluding hydrogens is 1050 g/mol. The molecule has 6 nitrogen and oxygen atoms in total. The number of hydrogen-bond donors (Lipinski definition) is 0. The summed E-state index contributed by atoms with van der Waals surface area (Å²) in [6.07, 6.45) is 17.2. The summed E-state index contributed by atoms with van der Waals surface area (Å²) in [6, 6.07) is 19.6. The number of anilines is 2. The van der Waals surface area contributed by atoms with Crippen molar-refractivity contribution in [3.8, 4) is 11.5 Å². The quantitative estimate of drug-likeness (QED) is 0.0583. The van der Waals surface area contributed by atoms with Crippen LogP contribution in [0, 0.1) is 11.3 Å². The number of fused-ring (bicyclic) bond motifs is 2. The normalized spacial score (nSPS) is 20.0. The standard InChI is InChI=1S/C50H64Cl2N4O2.2F6P/c1-11-55(12-2)39-23-26-45(36(31-39)19-28-48-50(7,8)42-33-38(52)21-25-44(42)54(48)10)57-29-15-16-30-58-46-34-40(56(13-3)14-4)22-17-35(46)18-27-47-49(5,6)41-32-37(51)20-24-43(41)53(47)9;2*1-7(2,3,4,5)6/h17-28,31-34,42,44H,11-16,29-30H2,1-10H3;;/q+2;2*-1/b28-19+;;. The Labute approximate surface area is 424 Å². The topological polar surface area (TPSA) is 31.0 Å². The summed E-state index contributed by atoms with van der Waals surface area (Å²) in [4.78, 5) is 4.73. The number of halogens is 14. The molecule has 2 unspecified atom stereocenters. The van der Waals surface area contributed by atoms with E-state index in [2.05, 4.69) is 173 Å². The van der Waals surface area contributed by atoms with Crippen LogP contribution in [0.1, 0.15) is 84.9 Å². The van der Waals surface area contributed by atoms with Gasteiger partial charge in [-0.05, 0) is 135 Å². The second-order valence-corrected chi connectivity index (χ2v) is 23.4. The number of nitrogens with zero attached hydrogens (tertiary/aromatic N) is 4. The van der Waals surface area contributed by atoms with Crippen LogP contribution in [-0.2, 0) is 5.41 Å². The number of allylic oxidation sites excluding steroid dienone is 4. The average molecular weight is 1110 g/mol. The van der Waals surface area contributed by atoms with Crippen LogP contribution >= 0.6 is 38.8 Å². The molecule has 1 aliphatic carbocycles. The van der Waals surface area contributed by atoms with Gasteiger partial charge in [0.1, 0.15) is 25.6 Å². The number of ether oxygens (including phenoxy) is 2. The Morgan fingerprint density at radius 1 is 0.611 bits per heavy atom. The van der Waals surface area contributed by atoms with Gasteiger partial charge in [-0.25, -0.2) is 4.58 Å². The van der Waals surface area contributed by atoms with Gasteiger partial charge in [-0.3, -0.25) is 0 Å². The van der Waals surface area contributed by atoms with Crippen LogP contribution in [0.4, 0.5) is 67.4 Å². The minimum absolute atomic E-state index is 0.0677. The number of hydrogen-bond acceptors (Lipinski definition) is 4. The summed E-state index contributed by atoms with van der Waals surface area (Å²) in [5.74, 6) is 2.11. The van der Waals surface area contributed by atoms with Crippen LogP contribution in [0.5, 0.6) is 11.5 Å². The van der Waals surface area contributed by atoms with E-state index < -0.39 is 15.6 Å². The van der Waals surface area contributed by atoms with Crippen molar-refractivity contribution >= 4 is 79.5 Å². The number of unbranched alkanes of at least 4 members (excludes halogenated alkanes) is 1. The molecule has 72 heavy (non-hydrogen) atoms. The SMILES string of the molecule is CCN(CC)c1ccc(OCCCCOc2cc(N(CC)CC)ccc2/C=C/C2=[N+](C)c3ccc(Cl)cc3C2(C)C)c(/C=C/C2=[N+](C)C3C=CC(Cl)=CC3C2(C)C)c1.F[P-](F)(F)(F)(F)F.F[P-](F)(F)(F)(F)F. The van der Waals surface area contributed by atoms with Gasteiger partial charge in [0.2, 0.25) is 5.69 Å². The summed E-state index contributed by atoms with van der Waals surface area (Å²) >= 11 is 12.9. The Hall–Kier alpha value is -4.24. The number of benzene rings is 3. The van der Waals surface area contributed by atoms with Gasteiger partial charge in [0, 0.05) is 88.6 Å². The molecule has 404 valence electrons. The second-order valence-electron chi connectivity index (χ2n) is 18.7. The van der Waals surface area contributed by atoms with Gasteiger partial charge < -0.3 is 19.3 Å². The molecule has 0 fully saturated rings. The molecule has 2 atom stereocenters. The van der Waals surface area contributed by atoms with Crippen molar-refractivity contribution in [2.24, 2.45) is 11.3 Å². The van der Waals surface area contributed by atoms with E-state index in [0.717, 1.165) is 71.7 Å². The van der Waals surface area contributed by atoms with Crippen LogP contribution in [0.25, 0.3) is 12.2 Å². The Kier molecular flexibility index (Phi) is 17.4. The van der Waals surface area contributed by atoms with E-state index in [1.54, 1.807) is 0 Å². The Morgan fingerprint density at radius 3 is 1.64 bits per heavy atom. The first-order valence-corrected chi connectivity index (χ1v) is 28.1. The fourth-order valence-corrected chi connectivity index (χ4v) is 9.51. The summed E-state index contributed by atoms with van der Waals surface area (Å²) in [6.45, 7) is 22.9. The molecule has 0 bridgehead atoms. The fraction of sp³-hybridized carbons (Fsp3) is 0.440. The van der Waals surface area contributed by atoms with Gasteiger partial charge in [-0.2, -0.15) is 4.58 Å². The third-order valence-electron chi connectivity index (χ3n) is 12.6. The van der Waals surface area contributed by atoms with Gasteiger partial charge in [-0.1, -0.05) is 29.3 Å². The van der Waals surface area contributed by atoms with Gasteiger partial charge in [0.25, 0.3) is 0 Å². The van der Waals surface area contributed by atoms with Crippen molar-refractivity contribution in [2.45, 2.75) is 79.7 Å². The van der Waals surface area contributed by atoms with Crippen LogP contribution in [0.15, 0.2) is 90.0 Å². The van der Waals surface area contributed by atoms with E-state index in [1.165, 1.54) is 34.0 Å². The zero-order chi connectivity index (χ0) is 54.6. The van der Waals surface area contributed by atoms with E-state index in [-0.39, 0.29) is 10.8 Å². The minimum atomic E-state index is -10.7. The summed E-state index contributed by atoms with van der Waals surface area (Å²) < 4.78 is 136. The molecule has 0 radical (unpaired) electrons. The molecule has 0 spiro atoms. The van der Waals surface area contributed by atoms with E-state index in [1.807, 2.05) is 12.1 Å². The molecule has 22 heteroatoms. The molecule has 0 amide bonds. The number of likely N-dealkylation sites (N-methyl/N-ethyl adjacent to an activating group) is 1. The Balaban J connectivity index is 0.000000703. The summed E-state index contributed by atoms with van der Waals surface area (Å²) in [5, 5.41) is 1.58. The molecule has 2 heterocycles. The molecule has 6 rings (SSSR count). The van der Waals surface area contributed by atoms with Crippen molar-refractivity contribution < 1.29 is 69.0 Å². The van der Waals surface area contributed by atoms with E-state index in [0.29, 0.717) is 25.2 Å². The van der Waals surface area contributed by atoms with E-state index in [4.69, 9.17) is 32.7 Å². The molecule has 2 aliphatic heterocycles. The Morgan fingerprint density at radius 2 is 1.10 bits per heavy atom. The molecule has 3 aromatic carbocycles. The van der Waals surface area contributed by atoms with Crippen LogP contribution in [0.2, 0.25) is 5.02 Å². The van der Waals surface area contributed by atoms with Crippen molar-refractivity contribution in [1.82, 2.24) is 0 Å². The molecule has 0 aromatic heterocycles. The first-order chi connectivity index (χ1) is 32.6. The van der Waals surface area contributed by atoms with Crippen molar-refractivity contribution in [1.29, 1.82) is 0 Å². The van der Waals surface area contributed by atoms with Crippen molar-refractivity contribution in [2.75, 3.05) is 63.3 Å². The summed E-state index contributed by atoms with van der Waals surface area (Å²) in [7, 11) is -17.0. The van der Waals surface area contributed by atoms with Crippen LogP contribution < -0.4 is 19.3 Å². The van der Waals surface area contributed by atoms with Crippen LogP contribution in [-0.4, -0.2) is 80.1 Å². The predicted molar refractivity (Wildman–Crippen MR) is 276 cm³/mol. The molecule has 3 aromatic rings. The first-order valence-electron chi connectivity index (χ1n) is 23.2. The predicted octanol–water partition coefficient (Wildman–Crippen LogP) is 18.6. The van der Waals surface area contributed by atoms with E-state index >= 15 is 0 Å². The van der Waals surface area contributed by atoms with Crippen molar-refractivity contribution in [3.63, 3.8) is 0 Å². The Bertz CT molecular complexity index is 2610. The molecule has 0 saturated heterocycles. The van der Waals surface area contributed by atoms with Crippen molar-refractivity contribution in [3.05, 3.63) is 112 Å². The third-order valence-corrected chi connectivity index (χ3v) is 13.1. The van der Waals surface area contributed by atoms with Crippen LogP contribution in [0.3, 0.4) is 0 Å². The maximum atomic E-state index is 9.87. The monoisotopic (exact) mass is 1110 g/mol. The van der Waals surface area contributed by atoms with Gasteiger partial charge in [-0.15, -0.1) is 0 Å². The van der Waals surface area contributed by atoms with Gasteiger partial charge >= 0.3 is 66.0 Å². The molecule has 0 saturated carbocycles. The average Bonchev–Trinajstić information content (AvgIpc) is 3.54. The van der Waals surface area contributed by atoms with E-state index in [9.17, 15) is 50.4 Å². The van der Waals surface area contributed by atoms with Gasteiger partial charge in [0.05, 0.1) is 30.0 Å². The molecule has 3 aliphatic rings. The second kappa shape index (κ2) is 20.8. The molecule has 0 N–H and O–H groups in total. The third kappa shape index (κ3) is 18.3. The van der Waals surface area contributed by atoms with Gasteiger partial charge in [0.15, 0.2) is 17.5 Å². The first kappa shape index (κ1) is 60.3. The maximum absolute atomic E-state index is 10.7. The summed E-state index contributed by atoms with van der Waals surface area (Å²) in [5.41, 5.74) is 9.21.